The van der Waals surface area contributed by atoms with Gasteiger partial charge in [-0.05, 0) is 57.8 Å². The highest BCUT2D eigenvalue weighted by molar-refractivity contribution is 6.04. The van der Waals surface area contributed by atoms with Gasteiger partial charge in [-0.3, -0.25) is 52.7 Å². The van der Waals surface area contributed by atoms with Crippen molar-refractivity contribution in [3.63, 3.8) is 0 Å². The van der Waals surface area contributed by atoms with Crippen LogP contribution in [0.4, 0.5) is 0 Å². The second-order valence-electron chi connectivity index (χ2n) is 16.2. The maximum Gasteiger partial charge on any atom is 0.326 e. The second kappa shape index (κ2) is 27.5. The fourth-order valence-corrected chi connectivity index (χ4v) is 7.16. The fraction of sp³-hybridized carbons (Fsp3) is 0.738. The first-order valence-electron chi connectivity index (χ1n) is 22.1. The fourth-order valence-electron chi connectivity index (χ4n) is 7.16. The number of aliphatic carboxylic acids is 2. The van der Waals surface area contributed by atoms with E-state index in [-0.39, 0.29) is 43.7 Å². The minimum atomic E-state index is -1.14. The molecule has 4 saturated heterocycles. The van der Waals surface area contributed by atoms with Crippen molar-refractivity contribution in [1.29, 1.82) is 0 Å². The van der Waals surface area contributed by atoms with Gasteiger partial charge in [0, 0.05) is 33.5 Å². The Morgan fingerprint density at radius 2 is 0.985 bits per heavy atom. The van der Waals surface area contributed by atoms with E-state index in [4.69, 9.17) is 53.5 Å². The number of carboxylic acids is 2. The summed E-state index contributed by atoms with van der Waals surface area (Å²) in [6.07, 6.45) is 4.32. The predicted octanol–water partition coefficient (Wildman–Crippen LogP) is -1.31. The van der Waals surface area contributed by atoms with Crippen molar-refractivity contribution in [2.75, 3.05) is 26.2 Å². The number of rotatable bonds is 15. The Hall–Kier alpha value is -5.91. The molecule has 0 aromatic rings. The van der Waals surface area contributed by atoms with Gasteiger partial charge in [-0.15, -0.1) is 0 Å². The summed E-state index contributed by atoms with van der Waals surface area (Å²) < 4.78 is 9.88. The number of carboxylic acid groups (broad SMARTS) is 2. The van der Waals surface area contributed by atoms with E-state index in [1.54, 1.807) is 27.7 Å². The summed E-state index contributed by atoms with van der Waals surface area (Å²) in [6, 6.07) is -2.26. The number of nitrogens with zero attached hydrogens (tertiary/aromatic N) is 3. The van der Waals surface area contributed by atoms with Crippen molar-refractivity contribution in [2.24, 2.45) is 51.8 Å². The first-order chi connectivity index (χ1) is 30.7. The molecule has 376 valence electrons. The molecule has 1 aliphatic carbocycles. The van der Waals surface area contributed by atoms with Gasteiger partial charge in [-0.25, -0.2) is 0 Å². The maximum absolute atomic E-state index is 11.8. The van der Waals surface area contributed by atoms with Crippen molar-refractivity contribution < 1.29 is 77.5 Å². The smallest absolute Gasteiger partial charge is 0.326 e. The Balaban J connectivity index is 0.000000807. The minimum Gasteiger partial charge on any atom is -0.481 e. The van der Waals surface area contributed by atoms with E-state index in [9.17, 15) is 52.7 Å². The van der Waals surface area contributed by atoms with Crippen LogP contribution in [0.2, 0.25) is 0 Å². The summed E-state index contributed by atoms with van der Waals surface area (Å²) in [4.78, 5) is 126. The molecule has 6 unspecified atom stereocenters. The standard InChI is InChI=1S/C10H16N2O4.C9H14N2O4.C9H16N2O3.C8H10O4.C4H10N2O.C2H6/c1-2-7(9(11)15)12-4-3-6(10(12)16)5-8(13)14;1-2-6(7(10)12)11-4-3-5(8(11)13)9(14)15;1-2-7(8(10)13)11-4-3-6(5-12)9(11)14;1-7(2)11-5(9)8(3-4-8)6(10)12-7;1-2-3(5)4(6)7;1-2/h6-7H,2-5H2,1H3,(H2,11,15)(H,13,14);5-6H,2-4H2,1H3,(H2,10,12)(H,14,15);6-7,12H,2-5H2,1H3,(H2,10,13);3-4H2,1-2H3;3H,2,5H2,1H3,(H2,6,7);1-2H3/t;;;;3-;/m....0./s1. The number of hydrogen-bond donors (Lipinski definition) is 8. The van der Waals surface area contributed by atoms with Crippen LogP contribution in [0, 0.1) is 23.2 Å². The molecule has 0 radical (unpaired) electrons. The first-order valence-corrected chi connectivity index (χ1v) is 22.1. The van der Waals surface area contributed by atoms with Gasteiger partial charge in [0.1, 0.15) is 24.0 Å². The van der Waals surface area contributed by atoms with Crippen molar-refractivity contribution in [3.8, 4) is 0 Å². The monoisotopic (exact) mass is 945 g/mol. The number of aliphatic hydroxyl groups is 1. The predicted molar refractivity (Wildman–Crippen MR) is 233 cm³/mol. The molecule has 66 heavy (non-hydrogen) atoms. The molecular weight excluding hydrogens is 873 g/mol. The summed E-state index contributed by atoms with van der Waals surface area (Å²) in [5, 5.41) is 26.2. The zero-order valence-electron chi connectivity index (χ0n) is 39.3. The number of amides is 7. The number of likely N-dealkylation sites (tertiary alicyclic amines) is 3. The molecule has 0 aromatic heterocycles. The van der Waals surface area contributed by atoms with Crippen LogP contribution < -0.4 is 28.7 Å². The summed E-state index contributed by atoms with van der Waals surface area (Å²) in [7, 11) is 0. The van der Waals surface area contributed by atoms with Gasteiger partial charge in [0.2, 0.25) is 41.4 Å². The van der Waals surface area contributed by atoms with Crippen molar-refractivity contribution >= 4 is 65.2 Å². The van der Waals surface area contributed by atoms with Crippen LogP contribution in [0.1, 0.15) is 120 Å². The Bertz CT molecular complexity index is 1730. The second-order valence-corrected chi connectivity index (χ2v) is 16.2. The molecule has 4 heterocycles. The van der Waals surface area contributed by atoms with E-state index < -0.39 is 101 Å². The van der Waals surface area contributed by atoms with Crippen LogP contribution in [0.15, 0.2) is 0 Å². The zero-order chi connectivity index (χ0) is 51.4. The van der Waals surface area contributed by atoms with Crippen LogP contribution in [0.3, 0.4) is 0 Å². The Kier molecular flexibility index (Phi) is 25.1. The lowest BCUT2D eigenvalue weighted by Crippen LogP contribution is -2.47. The van der Waals surface area contributed by atoms with Gasteiger partial charge in [0.25, 0.3) is 5.79 Å². The van der Waals surface area contributed by atoms with Gasteiger partial charge in [0.15, 0.2) is 5.41 Å². The molecule has 5 aliphatic rings. The lowest BCUT2D eigenvalue weighted by Gasteiger charge is -2.32. The SMILES string of the molecule is CC.CC1(C)OC(=O)C2(CC2)C(=O)O1.CCC(C(N)=O)N1CCC(C(=O)O)C1=O.CCC(C(N)=O)N1CCC(CC(=O)O)C1=O.CCC(C(N)=O)N1CCC(CO)C1=O.CC[C@H](N)C(N)=O. The van der Waals surface area contributed by atoms with Crippen molar-refractivity contribution in [3.05, 3.63) is 0 Å². The summed E-state index contributed by atoms with van der Waals surface area (Å²) in [5.74, 6) is -8.89. The van der Waals surface area contributed by atoms with Gasteiger partial charge in [-0.2, -0.15) is 0 Å². The highest BCUT2D eigenvalue weighted by Crippen LogP contribution is 2.51. The van der Waals surface area contributed by atoms with E-state index in [1.807, 2.05) is 27.7 Å². The summed E-state index contributed by atoms with van der Waals surface area (Å²) in [5.41, 5.74) is 24.5. The largest absolute Gasteiger partial charge is 0.481 e. The van der Waals surface area contributed by atoms with Crippen LogP contribution in [-0.2, 0) is 62.2 Å². The highest BCUT2D eigenvalue weighted by Gasteiger charge is 2.64. The van der Waals surface area contributed by atoms with E-state index in [0.717, 1.165) is 0 Å². The van der Waals surface area contributed by atoms with Gasteiger partial charge >= 0.3 is 23.9 Å². The lowest BCUT2D eigenvalue weighted by atomic mass is 10.0. The topological polar surface area (TPSA) is 407 Å². The van der Waals surface area contributed by atoms with E-state index in [0.29, 0.717) is 64.5 Å². The molecule has 1 saturated carbocycles. The van der Waals surface area contributed by atoms with Crippen LogP contribution >= 0.6 is 0 Å². The lowest BCUT2D eigenvalue weighted by molar-refractivity contribution is -0.242. The molecule has 24 nitrogen and oxygen atoms in total. The molecule has 5 rings (SSSR count). The number of cyclic esters (lactones) is 2. The summed E-state index contributed by atoms with van der Waals surface area (Å²) in [6.45, 7) is 15.3. The molecule has 4 aliphatic heterocycles. The number of primary amides is 4. The molecule has 7 atom stereocenters. The van der Waals surface area contributed by atoms with Gasteiger partial charge in [0.05, 0.1) is 30.9 Å². The number of nitrogens with two attached hydrogens (primary N) is 5. The van der Waals surface area contributed by atoms with Crippen LogP contribution in [0.5, 0.6) is 0 Å². The van der Waals surface area contributed by atoms with E-state index in [1.165, 1.54) is 14.7 Å². The number of esters is 2. The third-order valence-corrected chi connectivity index (χ3v) is 11.2. The number of carbonyl (C=O) groups is 11. The minimum absolute atomic E-state index is 0.148. The number of aliphatic hydroxyl groups excluding tert-OH is 1. The van der Waals surface area contributed by atoms with Crippen LogP contribution in [0.25, 0.3) is 0 Å². The molecule has 5 fully saturated rings. The third-order valence-electron chi connectivity index (χ3n) is 11.2. The molecule has 0 aromatic carbocycles. The Morgan fingerprint density at radius 1 is 0.621 bits per heavy atom. The van der Waals surface area contributed by atoms with Gasteiger partial charge in [-0.1, -0.05) is 41.5 Å². The Morgan fingerprint density at radius 3 is 1.24 bits per heavy atom. The average molecular weight is 945 g/mol. The molecule has 7 amide bonds. The number of hydrogen-bond acceptors (Lipinski definition) is 15. The summed E-state index contributed by atoms with van der Waals surface area (Å²) >= 11 is 0. The van der Waals surface area contributed by atoms with E-state index in [2.05, 4.69) is 0 Å². The van der Waals surface area contributed by atoms with E-state index >= 15 is 0 Å². The molecule has 13 N–H and O–H groups in total. The number of ether oxygens (including phenoxy) is 2. The molecule has 1 spiro atoms. The zero-order valence-corrected chi connectivity index (χ0v) is 39.3. The quantitative estimate of drug-likeness (QED) is 0.0697. The van der Waals surface area contributed by atoms with Gasteiger partial charge < -0.3 is 68.2 Å². The number of carbonyl (C=O) groups excluding carboxylic acids is 9. The van der Waals surface area contributed by atoms with Crippen LogP contribution in [-0.4, -0.2) is 151 Å². The highest BCUT2D eigenvalue weighted by atomic mass is 16.7. The first kappa shape index (κ1) is 60.1. The van der Waals surface area contributed by atoms with Crippen molar-refractivity contribution in [2.45, 2.75) is 150 Å². The normalized spacial score (nSPS) is 22.5. The Labute approximate surface area is 384 Å². The average Bonchev–Trinajstić information content (AvgIpc) is 3.71. The molecular formula is C42H72N8O16. The van der Waals surface area contributed by atoms with Crippen molar-refractivity contribution in [1.82, 2.24) is 14.7 Å². The molecule has 0 bridgehead atoms. The maximum atomic E-state index is 11.8. The third kappa shape index (κ3) is 16.8. The molecule has 24 heteroatoms.